The van der Waals surface area contributed by atoms with Crippen LogP contribution in [0.5, 0.6) is 5.75 Å². The van der Waals surface area contributed by atoms with Crippen molar-refractivity contribution >= 4 is 17.5 Å². The number of aliphatic hydroxyl groups is 1. The number of carbonyl (C=O) groups excluding carboxylic acids is 1. The second-order valence-electron chi connectivity index (χ2n) is 9.13. The van der Waals surface area contributed by atoms with E-state index in [1.807, 2.05) is 0 Å². The molecule has 0 aliphatic carbocycles. The molecule has 0 saturated carbocycles. The molecule has 3 aromatic carbocycles. The molecule has 3 aromatic rings. The van der Waals surface area contributed by atoms with Gasteiger partial charge in [0, 0.05) is 48.2 Å². The average Bonchev–Trinajstić information content (AvgIpc) is 3.26. The van der Waals surface area contributed by atoms with Crippen LogP contribution in [0.15, 0.2) is 76.8 Å². The summed E-state index contributed by atoms with van der Waals surface area (Å²) in [7, 11) is 0. The highest BCUT2D eigenvalue weighted by atomic mass is 19.1. The molecule has 2 atom stereocenters. The van der Waals surface area contributed by atoms with Gasteiger partial charge in [-0.15, -0.1) is 0 Å². The van der Waals surface area contributed by atoms with Crippen LogP contribution in [0.25, 0.3) is 10.4 Å². The van der Waals surface area contributed by atoms with Crippen LogP contribution in [0, 0.1) is 11.6 Å². The standard InChI is InChI=1S/C28H28F2N6O4/c1-18-28(16-21-5-2-3-6-25(21)34-36-31,27(38)35-32-17-19-13-22(29)15-23(30)14-19)33-26(40-18)20-7-9-24(10-8-20)39-12-4-11-37/h2-3,5-10,13-15,18,32,37H,4,11-12,16-17H2,1H3,(H,35,38)/t18-,28-/m0/s1. The highest BCUT2D eigenvalue weighted by Crippen LogP contribution is 2.35. The minimum Gasteiger partial charge on any atom is -0.494 e. The van der Waals surface area contributed by atoms with Crippen molar-refractivity contribution in [2.45, 2.75) is 38.0 Å². The first-order valence-corrected chi connectivity index (χ1v) is 12.6. The van der Waals surface area contributed by atoms with Crippen LogP contribution in [0.4, 0.5) is 14.5 Å². The van der Waals surface area contributed by atoms with Gasteiger partial charge in [0.05, 0.1) is 6.61 Å². The Hall–Kier alpha value is -4.51. The molecule has 0 spiro atoms. The molecule has 3 N–H and O–H groups in total. The highest BCUT2D eigenvalue weighted by molar-refractivity contribution is 6.00. The fourth-order valence-corrected chi connectivity index (χ4v) is 4.29. The third-order valence-corrected chi connectivity index (χ3v) is 6.35. The van der Waals surface area contributed by atoms with Gasteiger partial charge < -0.3 is 14.6 Å². The summed E-state index contributed by atoms with van der Waals surface area (Å²) >= 11 is 0. The lowest BCUT2D eigenvalue weighted by molar-refractivity contribution is -0.129. The second-order valence-corrected chi connectivity index (χ2v) is 9.13. The lowest BCUT2D eigenvalue weighted by Gasteiger charge is -2.28. The molecule has 0 unspecified atom stereocenters. The number of amides is 1. The summed E-state index contributed by atoms with van der Waals surface area (Å²) in [5.74, 6) is -1.17. The molecule has 12 heteroatoms. The maximum atomic E-state index is 13.7. The van der Waals surface area contributed by atoms with E-state index in [1.54, 1.807) is 55.5 Å². The third-order valence-electron chi connectivity index (χ3n) is 6.35. The van der Waals surface area contributed by atoms with Crippen molar-refractivity contribution in [3.8, 4) is 5.75 Å². The summed E-state index contributed by atoms with van der Waals surface area (Å²) in [5, 5.41) is 12.7. The Labute approximate surface area is 229 Å². The van der Waals surface area contributed by atoms with Gasteiger partial charge in [0.2, 0.25) is 5.90 Å². The number of rotatable bonds is 12. The largest absolute Gasteiger partial charge is 0.494 e. The molecular formula is C28H28F2N6O4. The Morgan fingerprint density at radius 3 is 2.60 bits per heavy atom. The molecule has 1 heterocycles. The number of ether oxygens (including phenoxy) is 2. The van der Waals surface area contributed by atoms with E-state index in [-0.39, 0.29) is 25.5 Å². The predicted molar refractivity (Wildman–Crippen MR) is 144 cm³/mol. The number of aliphatic imine (C=N–C) groups is 1. The molecular weight excluding hydrogens is 522 g/mol. The molecule has 0 saturated heterocycles. The van der Waals surface area contributed by atoms with Crippen molar-refractivity contribution in [1.82, 2.24) is 10.9 Å². The molecule has 10 nitrogen and oxygen atoms in total. The van der Waals surface area contributed by atoms with E-state index in [1.165, 1.54) is 0 Å². The van der Waals surface area contributed by atoms with Crippen molar-refractivity contribution in [2.24, 2.45) is 10.1 Å². The van der Waals surface area contributed by atoms with Crippen molar-refractivity contribution in [3.05, 3.63) is 105 Å². The van der Waals surface area contributed by atoms with Crippen molar-refractivity contribution in [1.29, 1.82) is 0 Å². The maximum absolute atomic E-state index is 13.7. The van der Waals surface area contributed by atoms with E-state index in [2.05, 4.69) is 20.9 Å². The van der Waals surface area contributed by atoms with E-state index < -0.39 is 29.2 Å². The van der Waals surface area contributed by atoms with Gasteiger partial charge in [0.15, 0.2) is 5.54 Å². The van der Waals surface area contributed by atoms with E-state index in [0.717, 1.165) is 18.2 Å². The number of nitrogens with zero attached hydrogens (tertiary/aromatic N) is 4. The summed E-state index contributed by atoms with van der Waals surface area (Å²) in [6.45, 7) is 2.06. The van der Waals surface area contributed by atoms with Crippen molar-refractivity contribution in [3.63, 3.8) is 0 Å². The van der Waals surface area contributed by atoms with Gasteiger partial charge in [-0.2, -0.15) is 0 Å². The van der Waals surface area contributed by atoms with Gasteiger partial charge in [-0.1, -0.05) is 29.4 Å². The Morgan fingerprint density at radius 1 is 1.18 bits per heavy atom. The predicted octanol–water partition coefficient (Wildman–Crippen LogP) is 4.64. The van der Waals surface area contributed by atoms with Crippen LogP contribution in [-0.4, -0.2) is 41.8 Å². The first-order valence-electron chi connectivity index (χ1n) is 12.6. The fraction of sp³-hybridized carbons (Fsp3) is 0.286. The third kappa shape index (κ3) is 6.73. The van der Waals surface area contributed by atoms with E-state index in [0.29, 0.717) is 41.2 Å². The Kier molecular flexibility index (Phi) is 9.28. The minimum atomic E-state index is -1.48. The lowest BCUT2D eigenvalue weighted by Crippen LogP contribution is -2.55. The van der Waals surface area contributed by atoms with E-state index in [9.17, 15) is 13.6 Å². The first-order chi connectivity index (χ1) is 19.3. The number of hydrogen-bond donors (Lipinski definition) is 3. The monoisotopic (exact) mass is 550 g/mol. The van der Waals surface area contributed by atoms with Gasteiger partial charge in [-0.25, -0.2) is 19.2 Å². The van der Waals surface area contributed by atoms with Crippen LogP contribution >= 0.6 is 0 Å². The van der Waals surface area contributed by atoms with Gasteiger partial charge in [-0.05, 0) is 60.0 Å². The summed E-state index contributed by atoms with van der Waals surface area (Å²) in [5.41, 5.74) is 14.7. The SMILES string of the molecule is C[C@@H]1OC(c2ccc(OCCCO)cc2)=N[C@]1(Cc1ccccc1N=[N+]=[N-])C(=O)NNCc1cc(F)cc(F)c1. The number of hydrazine groups is 1. The van der Waals surface area contributed by atoms with Crippen LogP contribution in [0.2, 0.25) is 0 Å². The molecule has 40 heavy (non-hydrogen) atoms. The molecule has 0 radical (unpaired) electrons. The van der Waals surface area contributed by atoms with Crippen LogP contribution < -0.4 is 15.6 Å². The number of nitrogens with one attached hydrogen (secondary N) is 2. The highest BCUT2D eigenvalue weighted by Gasteiger charge is 2.50. The molecule has 208 valence electrons. The second kappa shape index (κ2) is 13.0. The van der Waals surface area contributed by atoms with Gasteiger partial charge >= 0.3 is 0 Å². The molecule has 0 aromatic heterocycles. The lowest BCUT2D eigenvalue weighted by atomic mass is 9.85. The quantitative estimate of drug-likeness (QED) is 0.0991. The Morgan fingerprint density at radius 2 is 1.90 bits per heavy atom. The van der Waals surface area contributed by atoms with Gasteiger partial charge in [-0.3, -0.25) is 10.2 Å². The first kappa shape index (κ1) is 28.5. The molecule has 0 fully saturated rings. The van der Waals surface area contributed by atoms with E-state index >= 15 is 0 Å². The molecule has 1 aliphatic rings. The average molecular weight is 551 g/mol. The topological polar surface area (TPSA) is 141 Å². The zero-order chi connectivity index (χ0) is 28.5. The number of carbonyl (C=O) groups is 1. The van der Waals surface area contributed by atoms with Crippen molar-refractivity contribution < 1.29 is 28.2 Å². The zero-order valence-electron chi connectivity index (χ0n) is 21.7. The summed E-state index contributed by atoms with van der Waals surface area (Å²) in [6, 6.07) is 16.9. The van der Waals surface area contributed by atoms with E-state index in [4.69, 9.17) is 25.1 Å². The molecule has 4 rings (SSSR count). The zero-order valence-corrected chi connectivity index (χ0v) is 21.7. The maximum Gasteiger partial charge on any atom is 0.266 e. The smallest absolute Gasteiger partial charge is 0.266 e. The van der Waals surface area contributed by atoms with Crippen molar-refractivity contribution in [2.75, 3.05) is 13.2 Å². The number of aliphatic hydroxyl groups excluding tert-OH is 1. The van der Waals surface area contributed by atoms with Gasteiger partial charge in [0.25, 0.3) is 5.91 Å². The fourth-order valence-electron chi connectivity index (χ4n) is 4.29. The number of hydrogen-bond acceptors (Lipinski definition) is 7. The molecule has 0 bridgehead atoms. The minimum absolute atomic E-state index is 0.0293. The molecule has 1 aliphatic heterocycles. The summed E-state index contributed by atoms with van der Waals surface area (Å²) in [6.07, 6.45) is -0.195. The Bertz CT molecular complexity index is 1410. The number of halogens is 2. The molecule has 1 amide bonds. The van der Waals surface area contributed by atoms with Crippen LogP contribution in [0.3, 0.4) is 0 Å². The normalized spacial score (nSPS) is 17.9. The van der Waals surface area contributed by atoms with Crippen LogP contribution in [-0.2, 0) is 22.5 Å². The van der Waals surface area contributed by atoms with Crippen LogP contribution in [0.1, 0.15) is 30.0 Å². The Balaban J connectivity index is 1.61. The number of benzene rings is 3. The summed E-state index contributed by atoms with van der Waals surface area (Å²) in [4.78, 5) is 21.3. The number of azide groups is 1. The van der Waals surface area contributed by atoms with Gasteiger partial charge in [0.1, 0.15) is 23.5 Å². The summed E-state index contributed by atoms with van der Waals surface area (Å²) < 4.78 is 38.8.